The standard InChI is InChI=1S/C22H22BrN5O2/c1-14-4-5-18(17(23)11-14)25-21(29)15-6-9-28(10-7-15)22(30)20-12-19(26-27-20)16-3-2-8-24-13-16/h2-5,8,11-13,15H,6-7,9-10H2,1H3,(H,25,29)(H,26,27). The predicted molar refractivity (Wildman–Crippen MR) is 118 cm³/mol. The van der Waals surface area contributed by atoms with E-state index < -0.39 is 0 Å². The molecule has 7 nitrogen and oxygen atoms in total. The molecular formula is C22H22BrN5O2. The number of carbonyl (C=O) groups excluding carboxylic acids is 2. The second-order valence-corrected chi connectivity index (χ2v) is 8.30. The first-order valence-electron chi connectivity index (χ1n) is 9.83. The van der Waals surface area contributed by atoms with Crippen LogP contribution in [-0.2, 0) is 4.79 Å². The lowest BCUT2D eigenvalue weighted by atomic mass is 9.95. The molecule has 0 radical (unpaired) electrons. The second-order valence-electron chi connectivity index (χ2n) is 7.45. The van der Waals surface area contributed by atoms with Crippen molar-refractivity contribution in [3.05, 3.63) is 64.5 Å². The molecule has 0 spiro atoms. The van der Waals surface area contributed by atoms with Gasteiger partial charge in [0.1, 0.15) is 5.69 Å². The van der Waals surface area contributed by atoms with Gasteiger partial charge in [0, 0.05) is 41.4 Å². The van der Waals surface area contributed by atoms with Gasteiger partial charge in [-0.1, -0.05) is 6.07 Å². The van der Waals surface area contributed by atoms with Crippen LogP contribution < -0.4 is 5.32 Å². The highest BCUT2D eigenvalue weighted by Crippen LogP contribution is 2.26. The van der Waals surface area contributed by atoms with Crippen LogP contribution in [0.15, 0.2) is 53.3 Å². The molecule has 2 aromatic heterocycles. The number of benzene rings is 1. The van der Waals surface area contributed by atoms with Crippen LogP contribution in [0.1, 0.15) is 28.9 Å². The Labute approximate surface area is 183 Å². The van der Waals surface area contributed by atoms with Gasteiger partial charge < -0.3 is 10.2 Å². The molecule has 1 aliphatic rings. The molecule has 0 unspecified atom stereocenters. The number of aromatic nitrogens is 3. The summed E-state index contributed by atoms with van der Waals surface area (Å²) < 4.78 is 0.868. The van der Waals surface area contributed by atoms with Gasteiger partial charge in [-0.15, -0.1) is 0 Å². The van der Waals surface area contributed by atoms with Gasteiger partial charge in [-0.25, -0.2) is 0 Å². The molecule has 2 N–H and O–H groups in total. The number of hydrogen-bond acceptors (Lipinski definition) is 4. The van der Waals surface area contributed by atoms with Crippen molar-refractivity contribution in [2.75, 3.05) is 18.4 Å². The number of likely N-dealkylation sites (tertiary alicyclic amines) is 1. The fourth-order valence-corrected chi connectivity index (χ4v) is 4.16. The van der Waals surface area contributed by atoms with Crippen molar-refractivity contribution in [2.24, 2.45) is 5.92 Å². The van der Waals surface area contributed by atoms with E-state index in [9.17, 15) is 9.59 Å². The normalized spacial score (nSPS) is 14.5. The molecule has 1 aromatic carbocycles. The Hall–Kier alpha value is -3.00. The third-order valence-corrected chi connectivity index (χ3v) is 5.96. The summed E-state index contributed by atoms with van der Waals surface area (Å²) in [7, 11) is 0. The van der Waals surface area contributed by atoms with Crippen LogP contribution in [0, 0.1) is 12.8 Å². The summed E-state index contributed by atoms with van der Waals surface area (Å²) >= 11 is 3.49. The van der Waals surface area contributed by atoms with Crippen LogP contribution in [0.3, 0.4) is 0 Å². The zero-order valence-corrected chi connectivity index (χ0v) is 18.1. The van der Waals surface area contributed by atoms with E-state index in [0.29, 0.717) is 37.3 Å². The van der Waals surface area contributed by atoms with E-state index in [4.69, 9.17) is 0 Å². The zero-order valence-electron chi connectivity index (χ0n) is 16.6. The first kappa shape index (κ1) is 20.3. The fraction of sp³-hybridized carbons (Fsp3) is 0.273. The molecule has 30 heavy (non-hydrogen) atoms. The molecule has 1 aliphatic heterocycles. The quantitative estimate of drug-likeness (QED) is 0.605. The van der Waals surface area contributed by atoms with Gasteiger partial charge >= 0.3 is 0 Å². The Morgan fingerprint density at radius 1 is 1.20 bits per heavy atom. The minimum Gasteiger partial charge on any atom is -0.337 e. The minimum absolute atomic E-state index is 0.00736. The van der Waals surface area contributed by atoms with Crippen molar-refractivity contribution in [1.29, 1.82) is 0 Å². The summed E-state index contributed by atoms with van der Waals surface area (Å²) in [4.78, 5) is 31.3. The Bertz CT molecular complexity index is 1060. The predicted octanol–water partition coefficient (Wildman–Crippen LogP) is 4.03. The van der Waals surface area contributed by atoms with E-state index in [1.54, 1.807) is 23.4 Å². The average molecular weight is 468 g/mol. The second kappa shape index (κ2) is 8.79. The number of piperidine rings is 1. The molecule has 2 amide bonds. The fourth-order valence-electron chi connectivity index (χ4n) is 3.56. The lowest BCUT2D eigenvalue weighted by molar-refractivity contribution is -0.121. The summed E-state index contributed by atoms with van der Waals surface area (Å²) in [5.74, 6) is -0.222. The SMILES string of the molecule is Cc1ccc(NC(=O)C2CCN(C(=O)c3cc(-c4cccnc4)n[nH]3)CC2)c(Br)c1. The lowest BCUT2D eigenvalue weighted by Gasteiger charge is -2.31. The number of aromatic amines is 1. The molecule has 154 valence electrons. The van der Waals surface area contributed by atoms with Crippen molar-refractivity contribution < 1.29 is 9.59 Å². The molecule has 4 rings (SSSR count). The number of pyridine rings is 1. The van der Waals surface area contributed by atoms with Crippen LogP contribution in [0.5, 0.6) is 0 Å². The summed E-state index contributed by atoms with van der Waals surface area (Å²) in [5.41, 5.74) is 3.87. The van der Waals surface area contributed by atoms with E-state index in [1.807, 2.05) is 37.3 Å². The highest BCUT2D eigenvalue weighted by atomic mass is 79.9. The number of H-pyrrole nitrogens is 1. The topological polar surface area (TPSA) is 91.0 Å². The van der Waals surface area contributed by atoms with Crippen LogP contribution in [0.25, 0.3) is 11.3 Å². The maximum atomic E-state index is 12.8. The molecule has 3 heterocycles. The highest BCUT2D eigenvalue weighted by molar-refractivity contribution is 9.10. The van der Waals surface area contributed by atoms with Gasteiger partial charge in [0.05, 0.1) is 11.4 Å². The first-order chi connectivity index (χ1) is 14.5. The van der Waals surface area contributed by atoms with Crippen molar-refractivity contribution >= 4 is 33.4 Å². The maximum absolute atomic E-state index is 12.8. The van der Waals surface area contributed by atoms with Crippen molar-refractivity contribution in [3.63, 3.8) is 0 Å². The highest BCUT2D eigenvalue weighted by Gasteiger charge is 2.29. The van der Waals surface area contributed by atoms with Crippen LogP contribution in [0.4, 0.5) is 5.69 Å². The number of hydrogen-bond donors (Lipinski definition) is 2. The third-order valence-electron chi connectivity index (χ3n) is 5.30. The molecule has 0 saturated carbocycles. The van der Waals surface area contributed by atoms with E-state index >= 15 is 0 Å². The van der Waals surface area contributed by atoms with E-state index in [1.165, 1.54) is 0 Å². The molecular weight excluding hydrogens is 446 g/mol. The number of nitrogens with zero attached hydrogens (tertiary/aromatic N) is 3. The Morgan fingerprint density at radius 2 is 2.00 bits per heavy atom. The van der Waals surface area contributed by atoms with Crippen molar-refractivity contribution in [1.82, 2.24) is 20.1 Å². The van der Waals surface area contributed by atoms with Crippen LogP contribution in [0.2, 0.25) is 0 Å². The number of aryl methyl sites for hydroxylation is 1. The smallest absolute Gasteiger partial charge is 0.271 e. The van der Waals surface area contributed by atoms with Gasteiger partial charge in [0.2, 0.25) is 5.91 Å². The molecule has 0 bridgehead atoms. The molecule has 0 atom stereocenters. The van der Waals surface area contributed by atoms with Crippen LogP contribution in [-0.4, -0.2) is 45.0 Å². The molecule has 1 saturated heterocycles. The monoisotopic (exact) mass is 467 g/mol. The van der Waals surface area contributed by atoms with E-state index in [-0.39, 0.29) is 17.7 Å². The van der Waals surface area contributed by atoms with Crippen LogP contribution >= 0.6 is 15.9 Å². The average Bonchev–Trinajstić information content (AvgIpc) is 3.26. The van der Waals surface area contributed by atoms with Crippen molar-refractivity contribution in [2.45, 2.75) is 19.8 Å². The Balaban J connectivity index is 1.34. The Kier molecular flexibility index (Phi) is 5.94. The van der Waals surface area contributed by atoms with Gasteiger partial charge in [-0.05, 0) is 71.6 Å². The van der Waals surface area contributed by atoms with Gasteiger partial charge in [0.25, 0.3) is 5.91 Å². The maximum Gasteiger partial charge on any atom is 0.271 e. The summed E-state index contributed by atoms with van der Waals surface area (Å²) in [5, 5.41) is 10.0. The van der Waals surface area contributed by atoms with Crippen molar-refractivity contribution in [3.8, 4) is 11.3 Å². The molecule has 1 fully saturated rings. The third kappa shape index (κ3) is 4.43. The summed E-state index contributed by atoms with van der Waals surface area (Å²) in [6, 6.07) is 11.3. The van der Waals surface area contributed by atoms with Gasteiger partial charge in [-0.3, -0.25) is 19.7 Å². The van der Waals surface area contributed by atoms with Gasteiger partial charge in [-0.2, -0.15) is 5.10 Å². The molecule has 3 aromatic rings. The summed E-state index contributed by atoms with van der Waals surface area (Å²) in [6.45, 7) is 3.07. The first-order valence-corrected chi connectivity index (χ1v) is 10.6. The number of nitrogens with one attached hydrogen (secondary N) is 2. The number of rotatable bonds is 4. The number of amides is 2. The largest absolute Gasteiger partial charge is 0.337 e. The lowest BCUT2D eigenvalue weighted by Crippen LogP contribution is -2.41. The Morgan fingerprint density at radius 3 is 2.70 bits per heavy atom. The number of halogens is 1. The number of anilines is 1. The molecule has 8 heteroatoms. The molecule has 0 aliphatic carbocycles. The van der Waals surface area contributed by atoms with Gasteiger partial charge in [0.15, 0.2) is 0 Å². The zero-order chi connectivity index (χ0) is 21.1. The van der Waals surface area contributed by atoms with E-state index in [2.05, 4.69) is 36.4 Å². The summed E-state index contributed by atoms with van der Waals surface area (Å²) in [6.07, 6.45) is 4.66. The number of carbonyl (C=O) groups is 2. The van der Waals surface area contributed by atoms with E-state index in [0.717, 1.165) is 21.3 Å². The minimum atomic E-state index is -0.116.